The lowest BCUT2D eigenvalue weighted by molar-refractivity contribution is -0.140. The molecule has 1 aromatic heterocycles. The first-order chi connectivity index (χ1) is 22.8. The highest BCUT2D eigenvalue weighted by Crippen LogP contribution is 2.19. The van der Waals surface area contributed by atoms with Crippen molar-refractivity contribution in [3.05, 3.63) is 72.0 Å². The lowest BCUT2D eigenvalue weighted by atomic mass is 10.0. The van der Waals surface area contributed by atoms with Crippen LogP contribution in [0.25, 0.3) is 11.0 Å². The summed E-state index contributed by atoms with van der Waals surface area (Å²) in [4.78, 5) is 65.8. The number of carbonyl (C=O) groups excluding carboxylic acids is 5. The molecule has 0 aliphatic carbocycles. The van der Waals surface area contributed by atoms with E-state index in [0.29, 0.717) is 37.8 Å². The summed E-state index contributed by atoms with van der Waals surface area (Å²) in [5.74, 6) is -2.71. The molecule has 48 heavy (non-hydrogen) atoms. The van der Waals surface area contributed by atoms with Gasteiger partial charge >= 0.3 is 0 Å². The quantitative estimate of drug-likeness (QED) is 0.137. The van der Waals surface area contributed by atoms with Crippen LogP contribution in [0.2, 0.25) is 0 Å². The van der Waals surface area contributed by atoms with E-state index in [0.717, 1.165) is 17.2 Å². The maximum Gasteiger partial charge on any atom is 0.287 e. The Kier molecular flexibility index (Phi) is 12.3. The predicted octanol–water partition coefficient (Wildman–Crippen LogP) is 0.959. The number of unbranched alkanes of at least 4 members (excludes halogenated alkanes) is 1. The summed E-state index contributed by atoms with van der Waals surface area (Å²) in [5, 5.41) is 8.86. The van der Waals surface area contributed by atoms with E-state index in [1.54, 1.807) is 48.5 Å². The van der Waals surface area contributed by atoms with Gasteiger partial charge in [0.05, 0.1) is 6.26 Å². The highest BCUT2D eigenvalue weighted by molar-refractivity contribution is 7.88. The fourth-order valence-electron chi connectivity index (χ4n) is 5.64. The second-order valence-corrected chi connectivity index (χ2v) is 13.7. The number of amides is 5. The van der Waals surface area contributed by atoms with Crippen molar-refractivity contribution in [1.29, 1.82) is 0 Å². The van der Waals surface area contributed by atoms with E-state index in [1.165, 1.54) is 11.8 Å². The van der Waals surface area contributed by atoms with Crippen molar-refractivity contribution in [2.45, 2.75) is 69.6 Å². The van der Waals surface area contributed by atoms with Crippen molar-refractivity contribution >= 4 is 50.5 Å². The third-order valence-corrected chi connectivity index (χ3v) is 8.75. The summed E-state index contributed by atoms with van der Waals surface area (Å²) in [6.07, 6.45) is 2.91. The zero-order valence-corrected chi connectivity index (χ0v) is 27.8. The maximum absolute atomic E-state index is 13.5. The van der Waals surface area contributed by atoms with Gasteiger partial charge in [0, 0.05) is 24.9 Å². The summed E-state index contributed by atoms with van der Waals surface area (Å²) in [5.41, 5.74) is 6.76. The van der Waals surface area contributed by atoms with Crippen molar-refractivity contribution in [2.75, 3.05) is 19.3 Å². The molecule has 2 heterocycles. The third-order valence-electron chi connectivity index (χ3n) is 8.04. The molecule has 6 N–H and O–H groups in total. The molecule has 0 radical (unpaired) electrons. The monoisotopic (exact) mass is 682 g/mol. The zero-order valence-electron chi connectivity index (χ0n) is 26.9. The molecule has 0 spiro atoms. The number of nitrogens with zero attached hydrogens (tertiary/aromatic N) is 1. The second kappa shape index (κ2) is 16.4. The van der Waals surface area contributed by atoms with Crippen molar-refractivity contribution in [3.8, 4) is 0 Å². The van der Waals surface area contributed by atoms with Gasteiger partial charge in [0.2, 0.25) is 33.7 Å². The maximum atomic E-state index is 13.5. The van der Waals surface area contributed by atoms with E-state index >= 15 is 0 Å². The first-order valence-corrected chi connectivity index (χ1v) is 17.7. The Morgan fingerprint density at radius 3 is 2.33 bits per heavy atom. The number of nitrogens with one attached hydrogen (secondary N) is 4. The van der Waals surface area contributed by atoms with Gasteiger partial charge in [-0.15, -0.1) is 0 Å². The minimum absolute atomic E-state index is 0.0619. The lowest BCUT2D eigenvalue weighted by Crippen LogP contribution is -2.57. The normalized spacial score (nSPS) is 16.5. The van der Waals surface area contributed by atoms with Gasteiger partial charge in [0.15, 0.2) is 5.76 Å². The molecule has 1 aliphatic rings. The molecule has 3 aromatic rings. The number of fused-ring (bicyclic) bond motifs is 1. The zero-order chi connectivity index (χ0) is 34.8. The van der Waals surface area contributed by atoms with Gasteiger partial charge in [-0.2, -0.15) is 0 Å². The number of benzene rings is 2. The molecule has 0 unspecified atom stereocenters. The van der Waals surface area contributed by atoms with Crippen LogP contribution in [0, 0.1) is 0 Å². The molecule has 1 saturated heterocycles. The first-order valence-electron chi connectivity index (χ1n) is 15.8. The highest BCUT2D eigenvalue weighted by Gasteiger charge is 2.36. The van der Waals surface area contributed by atoms with Crippen molar-refractivity contribution in [3.63, 3.8) is 0 Å². The van der Waals surface area contributed by atoms with Gasteiger partial charge in [-0.05, 0) is 56.7 Å². The molecule has 4 rings (SSSR count). The van der Waals surface area contributed by atoms with Crippen LogP contribution in [0.1, 0.15) is 55.1 Å². The number of sulfonamides is 1. The minimum atomic E-state index is -3.82. The predicted molar refractivity (Wildman–Crippen MR) is 178 cm³/mol. The molecule has 14 nitrogen and oxygen atoms in total. The molecular formula is C33H42N6O8S. The van der Waals surface area contributed by atoms with E-state index in [-0.39, 0.29) is 25.1 Å². The number of furan rings is 1. The number of para-hydroxylation sites is 1. The number of nitrogens with two attached hydrogens (primary N) is 1. The van der Waals surface area contributed by atoms with Crippen LogP contribution in [-0.2, 0) is 35.6 Å². The van der Waals surface area contributed by atoms with Crippen LogP contribution in [0.5, 0.6) is 0 Å². The topological polar surface area (TPSA) is 210 Å². The van der Waals surface area contributed by atoms with E-state index in [9.17, 15) is 32.4 Å². The van der Waals surface area contributed by atoms with Gasteiger partial charge in [-0.1, -0.05) is 48.5 Å². The molecular weight excluding hydrogens is 640 g/mol. The van der Waals surface area contributed by atoms with Crippen LogP contribution in [0.15, 0.2) is 65.1 Å². The standard InChI is InChI=1S/C33H42N6O8S/c1-21(33(44)39-18-10-15-26(39)29(34)40)36-31(42)25(19-22-11-4-3-5-12-22)37-30(41)24(38-48(2,45)46)14-8-9-17-35-32(43)28-20-23-13-6-7-16-27(23)47-28/h3-7,11-13,16,20-21,24-26,38H,8-10,14-15,17-19H2,1-2H3,(H2,34,40)(H,35,43)(H,36,42)(H,37,41)/t21-,24-,25-,26-/m0/s1. The average Bonchev–Trinajstić information content (AvgIpc) is 3.71. The average molecular weight is 683 g/mol. The summed E-state index contributed by atoms with van der Waals surface area (Å²) in [7, 11) is -3.82. The Hall–Kier alpha value is -4.76. The van der Waals surface area contributed by atoms with E-state index < -0.39 is 63.7 Å². The second-order valence-electron chi connectivity index (χ2n) is 11.9. The largest absolute Gasteiger partial charge is 0.451 e. The molecule has 4 atom stereocenters. The van der Waals surface area contributed by atoms with Crippen molar-refractivity contribution in [1.82, 2.24) is 25.6 Å². The number of hydrogen-bond donors (Lipinski definition) is 5. The highest BCUT2D eigenvalue weighted by atomic mass is 32.2. The Balaban J connectivity index is 1.37. The molecule has 2 aromatic carbocycles. The molecule has 5 amide bonds. The Morgan fingerprint density at radius 2 is 1.65 bits per heavy atom. The van der Waals surface area contributed by atoms with Gasteiger partial charge in [-0.25, -0.2) is 13.1 Å². The number of carbonyl (C=O) groups is 5. The molecule has 0 saturated carbocycles. The fourth-order valence-corrected chi connectivity index (χ4v) is 6.38. The van der Waals surface area contributed by atoms with Crippen molar-refractivity contribution in [2.24, 2.45) is 5.73 Å². The Bertz CT molecular complexity index is 1690. The molecule has 15 heteroatoms. The van der Waals surface area contributed by atoms with Gasteiger partial charge in [-0.3, -0.25) is 24.0 Å². The van der Waals surface area contributed by atoms with Crippen LogP contribution in [0.4, 0.5) is 0 Å². The summed E-state index contributed by atoms with van der Waals surface area (Å²) in [6.45, 7) is 2.07. The minimum Gasteiger partial charge on any atom is -0.451 e. The van der Waals surface area contributed by atoms with E-state index in [2.05, 4.69) is 20.7 Å². The lowest BCUT2D eigenvalue weighted by Gasteiger charge is -2.28. The Labute approximate surface area is 279 Å². The fraction of sp³-hybridized carbons (Fsp3) is 0.424. The SMILES string of the molecule is C[C@H](NC(=O)[C@H](Cc1ccccc1)NC(=O)[C@H](CCCCNC(=O)c1cc2ccccc2o1)NS(C)(=O)=O)C(=O)N1CCC[C@H]1C(N)=O. The van der Waals surface area contributed by atoms with Crippen LogP contribution in [0.3, 0.4) is 0 Å². The van der Waals surface area contributed by atoms with Gasteiger partial charge < -0.3 is 31.0 Å². The molecule has 1 aliphatic heterocycles. The molecule has 0 bridgehead atoms. The van der Waals surface area contributed by atoms with Gasteiger partial charge in [0.1, 0.15) is 29.8 Å². The van der Waals surface area contributed by atoms with E-state index in [4.69, 9.17) is 10.2 Å². The Morgan fingerprint density at radius 1 is 0.958 bits per heavy atom. The number of rotatable bonds is 16. The first kappa shape index (κ1) is 36.1. The third kappa shape index (κ3) is 10.1. The number of hydrogen-bond acceptors (Lipinski definition) is 8. The summed E-state index contributed by atoms with van der Waals surface area (Å²) >= 11 is 0. The van der Waals surface area contributed by atoms with Crippen LogP contribution in [-0.4, -0.2) is 86.4 Å². The van der Waals surface area contributed by atoms with Gasteiger partial charge in [0.25, 0.3) is 5.91 Å². The van der Waals surface area contributed by atoms with Crippen LogP contribution < -0.4 is 26.4 Å². The van der Waals surface area contributed by atoms with Crippen molar-refractivity contribution < 1.29 is 36.8 Å². The summed E-state index contributed by atoms with van der Waals surface area (Å²) in [6, 6.07) is 13.6. The summed E-state index contributed by atoms with van der Waals surface area (Å²) < 4.78 is 32.3. The van der Waals surface area contributed by atoms with E-state index in [1.807, 2.05) is 12.1 Å². The molecule has 1 fully saturated rings. The smallest absolute Gasteiger partial charge is 0.287 e. The molecule has 258 valence electrons. The van der Waals surface area contributed by atoms with Crippen LogP contribution >= 0.6 is 0 Å². The number of primary amides is 1. The number of likely N-dealkylation sites (tertiary alicyclic amines) is 1.